The van der Waals surface area contributed by atoms with Gasteiger partial charge in [-0.15, -0.1) is 0 Å². The predicted molar refractivity (Wildman–Crippen MR) is 98.6 cm³/mol. The Morgan fingerprint density at radius 3 is 2.56 bits per heavy atom. The summed E-state index contributed by atoms with van der Waals surface area (Å²) < 4.78 is 0. The molecule has 0 bridgehead atoms. The maximum absolute atomic E-state index is 10.5. The lowest BCUT2D eigenvalue weighted by Crippen LogP contribution is -2.46. The van der Waals surface area contributed by atoms with Crippen LogP contribution < -0.4 is 10.2 Å². The highest BCUT2D eigenvalue weighted by Crippen LogP contribution is 2.44. The maximum atomic E-state index is 10.5. The van der Waals surface area contributed by atoms with Gasteiger partial charge in [0.15, 0.2) is 0 Å². The third-order valence-electron chi connectivity index (χ3n) is 6.60. The highest BCUT2D eigenvalue weighted by Gasteiger charge is 2.38. The average molecular weight is 345 g/mol. The van der Waals surface area contributed by atoms with Crippen LogP contribution in [0.5, 0.6) is 0 Å². The number of rotatable bonds is 2. The van der Waals surface area contributed by atoms with Gasteiger partial charge in [0.2, 0.25) is 0 Å². The first kappa shape index (κ1) is 17.2. The molecule has 1 aromatic rings. The van der Waals surface area contributed by atoms with Crippen LogP contribution in [0.4, 0.5) is 5.82 Å². The first-order valence-electron chi connectivity index (χ1n) is 9.88. The molecule has 1 spiro atoms. The van der Waals surface area contributed by atoms with E-state index in [1.165, 1.54) is 51.6 Å². The molecular formula is C19H31N5O. The summed E-state index contributed by atoms with van der Waals surface area (Å²) in [5, 5.41) is 14.0. The molecule has 0 aromatic carbocycles. The Morgan fingerprint density at radius 2 is 1.84 bits per heavy atom. The van der Waals surface area contributed by atoms with E-state index in [9.17, 15) is 5.11 Å². The number of piperidine rings is 1. The van der Waals surface area contributed by atoms with Crippen LogP contribution >= 0.6 is 0 Å². The van der Waals surface area contributed by atoms with Gasteiger partial charge in [0.25, 0.3) is 0 Å². The lowest BCUT2D eigenvalue weighted by Gasteiger charge is -2.45. The molecule has 1 saturated carbocycles. The Labute approximate surface area is 150 Å². The second-order valence-corrected chi connectivity index (χ2v) is 8.14. The summed E-state index contributed by atoms with van der Waals surface area (Å²) >= 11 is 0. The van der Waals surface area contributed by atoms with Crippen molar-refractivity contribution in [3.05, 3.63) is 18.6 Å². The van der Waals surface area contributed by atoms with E-state index >= 15 is 0 Å². The van der Waals surface area contributed by atoms with Crippen LogP contribution in [-0.4, -0.2) is 71.4 Å². The molecule has 6 nitrogen and oxygen atoms in total. The van der Waals surface area contributed by atoms with Crippen molar-refractivity contribution in [1.82, 2.24) is 20.2 Å². The second kappa shape index (κ2) is 7.56. The fourth-order valence-electron chi connectivity index (χ4n) is 5.05. The number of aromatic nitrogens is 2. The molecule has 0 amide bonds. The summed E-state index contributed by atoms with van der Waals surface area (Å²) in [6.07, 6.45) is 12.9. The van der Waals surface area contributed by atoms with Crippen molar-refractivity contribution < 1.29 is 5.11 Å². The molecule has 3 aliphatic rings. The minimum atomic E-state index is -0.320. The maximum Gasteiger partial charge on any atom is 0.147 e. The van der Waals surface area contributed by atoms with Gasteiger partial charge >= 0.3 is 0 Å². The van der Waals surface area contributed by atoms with Crippen LogP contribution in [0.15, 0.2) is 18.6 Å². The number of hydrogen-bond donors (Lipinski definition) is 2. The van der Waals surface area contributed by atoms with E-state index in [2.05, 4.69) is 25.1 Å². The molecule has 1 atom stereocenters. The normalized spacial score (nSPS) is 28.8. The molecule has 1 aromatic heterocycles. The van der Waals surface area contributed by atoms with Crippen LogP contribution in [0.2, 0.25) is 0 Å². The van der Waals surface area contributed by atoms with E-state index in [-0.39, 0.29) is 6.10 Å². The van der Waals surface area contributed by atoms with E-state index in [0.717, 1.165) is 25.5 Å². The average Bonchev–Trinajstić information content (AvgIpc) is 2.85. The van der Waals surface area contributed by atoms with Crippen molar-refractivity contribution in [3.63, 3.8) is 0 Å². The Morgan fingerprint density at radius 1 is 1.04 bits per heavy atom. The van der Waals surface area contributed by atoms with Crippen molar-refractivity contribution in [2.45, 2.75) is 50.7 Å². The van der Waals surface area contributed by atoms with Crippen LogP contribution in [-0.2, 0) is 0 Å². The van der Waals surface area contributed by atoms with E-state index in [4.69, 9.17) is 0 Å². The van der Waals surface area contributed by atoms with Crippen molar-refractivity contribution in [3.8, 4) is 0 Å². The molecule has 3 heterocycles. The largest absolute Gasteiger partial charge is 0.390 e. The van der Waals surface area contributed by atoms with E-state index in [1.807, 2.05) is 0 Å². The molecule has 0 radical (unpaired) electrons. The fraction of sp³-hybridized carbons (Fsp3) is 0.789. The standard InChI is InChI=1S/C19H31N5O/c25-17-14-23(11-12-24(15-17)18-13-21-9-10-22-18)16-1-3-19(4-2-16)5-7-20-8-6-19/h9-10,13,16-17,20,25H,1-8,11-12,14-15H2/t17-/m0/s1. The number of aliphatic hydroxyl groups excluding tert-OH is 1. The smallest absolute Gasteiger partial charge is 0.147 e. The summed E-state index contributed by atoms with van der Waals surface area (Å²) in [7, 11) is 0. The van der Waals surface area contributed by atoms with Crippen LogP contribution in [0.25, 0.3) is 0 Å². The third-order valence-corrected chi connectivity index (χ3v) is 6.60. The highest BCUT2D eigenvalue weighted by atomic mass is 16.3. The van der Waals surface area contributed by atoms with Gasteiger partial charge in [-0.25, -0.2) is 4.98 Å². The predicted octanol–water partition coefficient (Wildman–Crippen LogP) is 1.27. The van der Waals surface area contributed by atoms with Crippen molar-refractivity contribution in [2.75, 3.05) is 44.2 Å². The molecule has 2 N–H and O–H groups in total. The zero-order chi connectivity index (χ0) is 17.1. The summed E-state index contributed by atoms with van der Waals surface area (Å²) in [5.74, 6) is 0.876. The minimum absolute atomic E-state index is 0.320. The molecule has 2 aliphatic heterocycles. The van der Waals surface area contributed by atoms with Crippen molar-refractivity contribution >= 4 is 5.82 Å². The molecule has 138 valence electrons. The summed E-state index contributed by atoms with van der Waals surface area (Å²) in [4.78, 5) is 13.3. The summed E-state index contributed by atoms with van der Waals surface area (Å²) in [6, 6.07) is 0.636. The second-order valence-electron chi connectivity index (χ2n) is 8.14. The topological polar surface area (TPSA) is 64.5 Å². The van der Waals surface area contributed by atoms with Crippen molar-refractivity contribution in [1.29, 1.82) is 0 Å². The van der Waals surface area contributed by atoms with Gasteiger partial charge in [0.05, 0.1) is 12.3 Å². The Hall–Kier alpha value is -1.24. The number of nitrogens with zero attached hydrogens (tertiary/aromatic N) is 4. The number of nitrogens with one attached hydrogen (secondary N) is 1. The zero-order valence-corrected chi connectivity index (χ0v) is 15.1. The molecule has 2 saturated heterocycles. The molecule has 0 unspecified atom stereocenters. The first-order chi connectivity index (χ1) is 12.2. The van der Waals surface area contributed by atoms with E-state index in [0.29, 0.717) is 18.0 Å². The monoisotopic (exact) mass is 345 g/mol. The van der Waals surface area contributed by atoms with Crippen LogP contribution in [0.3, 0.4) is 0 Å². The van der Waals surface area contributed by atoms with Gasteiger partial charge in [-0.1, -0.05) is 0 Å². The fourth-order valence-corrected chi connectivity index (χ4v) is 5.05. The van der Waals surface area contributed by atoms with Gasteiger partial charge < -0.3 is 15.3 Å². The molecule has 6 heteroatoms. The molecule has 1 aliphatic carbocycles. The number of β-amino-alcohol motifs (C(OH)–C–C–N with tert-alkyl or cyclic N) is 1. The Kier molecular flexibility index (Phi) is 5.20. The van der Waals surface area contributed by atoms with Crippen LogP contribution in [0, 0.1) is 5.41 Å². The highest BCUT2D eigenvalue weighted by molar-refractivity contribution is 5.35. The van der Waals surface area contributed by atoms with Crippen molar-refractivity contribution in [2.24, 2.45) is 5.41 Å². The van der Waals surface area contributed by atoms with E-state index in [1.54, 1.807) is 18.6 Å². The molecule has 4 rings (SSSR count). The van der Waals surface area contributed by atoms with Gasteiger partial charge in [-0.05, 0) is 57.0 Å². The summed E-state index contributed by atoms with van der Waals surface area (Å²) in [6.45, 7) is 5.75. The van der Waals surface area contributed by atoms with Gasteiger partial charge in [-0.3, -0.25) is 9.88 Å². The number of anilines is 1. The van der Waals surface area contributed by atoms with Gasteiger partial charge in [-0.2, -0.15) is 0 Å². The van der Waals surface area contributed by atoms with Gasteiger partial charge in [0.1, 0.15) is 5.82 Å². The first-order valence-corrected chi connectivity index (χ1v) is 9.88. The third kappa shape index (κ3) is 3.96. The number of hydrogen-bond acceptors (Lipinski definition) is 6. The van der Waals surface area contributed by atoms with E-state index < -0.39 is 0 Å². The van der Waals surface area contributed by atoms with Crippen LogP contribution in [0.1, 0.15) is 38.5 Å². The lowest BCUT2D eigenvalue weighted by atomic mass is 9.67. The molecular weight excluding hydrogens is 314 g/mol. The SMILES string of the molecule is O[C@@H]1CN(c2cnccn2)CCN(C2CCC3(CCNCC3)CC2)C1. The quantitative estimate of drug-likeness (QED) is 0.842. The minimum Gasteiger partial charge on any atom is -0.390 e. The summed E-state index contributed by atoms with van der Waals surface area (Å²) in [5.41, 5.74) is 0.609. The zero-order valence-electron chi connectivity index (χ0n) is 15.1. The Bertz CT molecular complexity index is 538. The molecule has 3 fully saturated rings. The molecule has 25 heavy (non-hydrogen) atoms. The lowest BCUT2D eigenvalue weighted by molar-refractivity contribution is 0.0467. The van der Waals surface area contributed by atoms with Gasteiger partial charge in [0, 0.05) is 44.6 Å². The Balaban J connectivity index is 1.36. The number of aliphatic hydroxyl groups is 1.